The van der Waals surface area contributed by atoms with Crippen molar-refractivity contribution in [2.24, 2.45) is 0 Å². The fourth-order valence-corrected chi connectivity index (χ4v) is 8.83. The van der Waals surface area contributed by atoms with Crippen molar-refractivity contribution in [2.75, 3.05) is 11.5 Å². The molecule has 0 aromatic rings. The number of ketones is 1. The van der Waals surface area contributed by atoms with Gasteiger partial charge in [0, 0.05) is 17.9 Å². The van der Waals surface area contributed by atoms with E-state index in [0.717, 1.165) is 12.8 Å². The van der Waals surface area contributed by atoms with Crippen LogP contribution >= 0.6 is 10.3 Å². The van der Waals surface area contributed by atoms with Crippen LogP contribution in [0.4, 0.5) is 13.2 Å². The van der Waals surface area contributed by atoms with Crippen LogP contribution in [0.15, 0.2) is 0 Å². The van der Waals surface area contributed by atoms with E-state index in [1.165, 1.54) is 0 Å². The maximum Gasteiger partial charge on any atom is 0.523 e. The summed E-state index contributed by atoms with van der Waals surface area (Å²) in [5.74, 6) is 0.419. The van der Waals surface area contributed by atoms with E-state index >= 15 is 0 Å². The van der Waals surface area contributed by atoms with Crippen LogP contribution in [0.25, 0.3) is 0 Å². The summed E-state index contributed by atoms with van der Waals surface area (Å²) in [6.45, 7) is 0. The predicted octanol–water partition coefficient (Wildman–Crippen LogP) is 2.88. The molecule has 2 rings (SSSR count). The lowest BCUT2D eigenvalue weighted by atomic mass is 9.99. The Morgan fingerprint density at radius 3 is 2.20 bits per heavy atom. The van der Waals surface area contributed by atoms with Crippen LogP contribution in [0.1, 0.15) is 38.5 Å². The van der Waals surface area contributed by atoms with Crippen LogP contribution in [0, 0.1) is 0 Å². The Bertz CT molecular complexity index is 480. The van der Waals surface area contributed by atoms with E-state index in [4.69, 9.17) is 0 Å². The first-order chi connectivity index (χ1) is 9.18. The Morgan fingerprint density at radius 2 is 1.70 bits per heavy atom. The van der Waals surface area contributed by atoms with E-state index < -0.39 is 31.2 Å². The Balaban J connectivity index is 2.29. The van der Waals surface area contributed by atoms with Crippen molar-refractivity contribution in [3.8, 4) is 0 Å². The van der Waals surface area contributed by atoms with Crippen molar-refractivity contribution >= 4 is 26.2 Å². The minimum Gasteiger partial charge on any atom is -0.298 e. The molecule has 0 spiro atoms. The quantitative estimate of drug-likeness (QED) is 0.745. The summed E-state index contributed by atoms with van der Waals surface area (Å²) in [7, 11) is -8.14. The van der Waals surface area contributed by atoms with Gasteiger partial charge in [-0.25, -0.2) is 3.63 Å². The van der Waals surface area contributed by atoms with Gasteiger partial charge in [-0.1, -0.05) is 6.42 Å². The lowest BCUT2D eigenvalue weighted by molar-refractivity contribution is -0.119. The van der Waals surface area contributed by atoms with Crippen molar-refractivity contribution in [3.63, 3.8) is 0 Å². The van der Waals surface area contributed by atoms with Gasteiger partial charge in [0.1, 0.15) is 5.78 Å². The van der Waals surface area contributed by atoms with Gasteiger partial charge in [-0.3, -0.25) is 4.79 Å². The molecule has 1 saturated heterocycles. The Morgan fingerprint density at radius 1 is 1.10 bits per heavy atom. The molecular formula is C11H17F3O4S2. The fourth-order valence-electron chi connectivity index (χ4n) is 2.82. The van der Waals surface area contributed by atoms with Gasteiger partial charge in [-0.15, -0.1) is 10.3 Å². The van der Waals surface area contributed by atoms with Gasteiger partial charge in [0.05, 0.1) is 5.25 Å². The molecule has 20 heavy (non-hydrogen) atoms. The largest absolute Gasteiger partial charge is 0.523 e. The molecule has 1 saturated carbocycles. The number of Topliss-reactive ketones (excluding diaryl/α,β-unsaturated/α-hetero) is 1. The molecule has 118 valence electrons. The van der Waals surface area contributed by atoms with E-state index in [0.29, 0.717) is 25.7 Å². The zero-order valence-corrected chi connectivity index (χ0v) is 12.5. The van der Waals surface area contributed by atoms with E-state index in [1.54, 1.807) is 0 Å². The highest BCUT2D eigenvalue weighted by Crippen LogP contribution is 2.63. The minimum absolute atomic E-state index is 0.134. The maximum atomic E-state index is 12.5. The predicted molar refractivity (Wildman–Crippen MR) is 69.9 cm³/mol. The summed E-state index contributed by atoms with van der Waals surface area (Å²) in [6.07, 6.45) is 3.45. The molecule has 4 nitrogen and oxygen atoms in total. The first-order valence-corrected chi connectivity index (χ1v) is 9.87. The number of hydrogen-bond donors (Lipinski definition) is 0. The number of rotatable bonds is 3. The highest BCUT2D eigenvalue weighted by Gasteiger charge is 2.54. The van der Waals surface area contributed by atoms with Crippen molar-refractivity contribution in [1.82, 2.24) is 0 Å². The molecule has 0 radical (unpaired) electrons. The molecule has 0 bridgehead atoms. The summed E-state index contributed by atoms with van der Waals surface area (Å²) in [4.78, 5) is 12.0. The fraction of sp³-hybridized carbons (Fsp3) is 0.909. The zero-order chi connectivity index (χ0) is 15.0. The third-order valence-electron chi connectivity index (χ3n) is 3.76. The van der Waals surface area contributed by atoms with E-state index in [2.05, 4.69) is 3.63 Å². The topological polar surface area (TPSA) is 60.4 Å². The highest BCUT2D eigenvalue weighted by atomic mass is 32.3. The molecular weight excluding hydrogens is 317 g/mol. The molecule has 1 unspecified atom stereocenters. The molecule has 2 aliphatic rings. The SMILES string of the molecule is O=C1CCCCC1S1(OS(=O)(=O)C(F)(F)F)CCCC1. The van der Waals surface area contributed by atoms with Gasteiger partial charge in [-0.2, -0.15) is 21.6 Å². The third-order valence-corrected chi connectivity index (χ3v) is 9.62. The van der Waals surface area contributed by atoms with Crippen molar-refractivity contribution < 1.29 is 30.0 Å². The number of alkyl halides is 3. The third kappa shape index (κ3) is 2.99. The van der Waals surface area contributed by atoms with E-state index in [9.17, 15) is 26.4 Å². The molecule has 1 aliphatic carbocycles. The van der Waals surface area contributed by atoms with Gasteiger partial charge in [0.2, 0.25) is 0 Å². The van der Waals surface area contributed by atoms with Crippen LogP contribution < -0.4 is 0 Å². The lowest BCUT2D eigenvalue weighted by Gasteiger charge is -2.42. The monoisotopic (exact) mass is 334 g/mol. The van der Waals surface area contributed by atoms with Crippen LogP contribution in [-0.2, 0) is 18.5 Å². The second-order valence-corrected chi connectivity index (χ2v) is 10.2. The molecule has 1 aliphatic heterocycles. The molecule has 0 amide bonds. The lowest BCUT2D eigenvalue weighted by Crippen LogP contribution is -2.37. The smallest absolute Gasteiger partial charge is 0.298 e. The standard InChI is InChI=1S/C11H17F3O4S2/c12-11(13,14)20(16,17)18-19(7-3-4-8-19)10-6-2-1-5-9(10)15/h10H,1-8H2. The Kier molecular flexibility index (Phi) is 4.42. The summed E-state index contributed by atoms with van der Waals surface area (Å²) in [5, 5.41) is -0.643. The van der Waals surface area contributed by atoms with Gasteiger partial charge < -0.3 is 0 Å². The van der Waals surface area contributed by atoms with Crippen molar-refractivity contribution in [1.29, 1.82) is 0 Å². The molecule has 2 fully saturated rings. The van der Waals surface area contributed by atoms with E-state index in [-0.39, 0.29) is 17.3 Å². The maximum absolute atomic E-state index is 12.5. The number of halogens is 3. The first kappa shape index (κ1) is 16.1. The molecule has 0 N–H and O–H groups in total. The Labute approximate surface area is 117 Å². The molecule has 1 heterocycles. The average molecular weight is 334 g/mol. The molecule has 0 aromatic carbocycles. The number of carbonyl (C=O) groups excluding carboxylic acids is 1. The van der Waals surface area contributed by atoms with E-state index in [1.807, 2.05) is 0 Å². The van der Waals surface area contributed by atoms with Gasteiger partial charge in [0.15, 0.2) is 0 Å². The number of carbonyl (C=O) groups is 1. The highest BCUT2D eigenvalue weighted by molar-refractivity contribution is 8.34. The normalized spacial score (nSPS) is 29.4. The molecule has 9 heteroatoms. The summed E-state index contributed by atoms with van der Waals surface area (Å²) in [5.41, 5.74) is -5.42. The van der Waals surface area contributed by atoms with Gasteiger partial charge in [0.25, 0.3) is 0 Å². The zero-order valence-electron chi connectivity index (χ0n) is 10.8. The van der Waals surface area contributed by atoms with Crippen LogP contribution in [0.5, 0.6) is 0 Å². The average Bonchev–Trinajstić information content (AvgIpc) is 2.76. The molecule has 0 aromatic heterocycles. The minimum atomic E-state index is -5.63. The summed E-state index contributed by atoms with van der Waals surface area (Å²) in [6, 6.07) is 0. The summed E-state index contributed by atoms with van der Waals surface area (Å²) < 4.78 is 64.9. The van der Waals surface area contributed by atoms with Crippen LogP contribution in [0.3, 0.4) is 0 Å². The second-order valence-electron chi connectivity index (χ2n) is 5.15. The number of hydrogen-bond acceptors (Lipinski definition) is 4. The second kappa shape index (κ2) is 5.49. The van der Waals surface area contributed by atoms with Crippen molar-refractivity contribution in [3.05, 3.63) is 0 Å². The van der Waals surface area contributed by atoms with Crippen LogP contribution in [-0.4, -0.2) is 36.5 Å². The first-order valence-electron chi connectivity index (χ1n) is 6.51. The van der Waals surface area contributed by atoms with Gasteiger partial charge >= 0.3 is 15.6 Å². The molecule has 1 atom stereocenters. The van der Waals surface area contributed by atoms with Crippen LogP contribution in [0.2, 0.25) is 0 Å². The Hall–Kier alpha value is -0.280. The summed E-state index contributed by atoms with van der Waals surface area (Å²) >= 11 is 0. The van der Waals surface area contributed by atoms with Crippen molar-refractivity contribution in [2.45, 2.75) is 49.3 Å². The van der Waals surface area contributed by atoms with Gasteiger partial charge in [-0.05, 0) is 25.7 Å².